The molecule has 0 radical (unpaired) electrons. The van der Waals surface area contributed by atoms with Gasteiger partial charge in [-0.1, -0.05) is 0 Å². The van der Waals surface area contributed by atoms with Crippen LogP contribution in [0, 0.1) is 24.4 Å². The Morgan fingerprint density at radius 2 is 1.91 bits per heavy atom. The third-order valence-electron chi connectivity index (χ3n) is 5.55. The Balaban J connectivity index is 1.24. The largest absolute Gasteiger partial charge is 0.483 e. The van der Waals surface area contributed by atoms with Crippen LogP contribution >= 0.6 is 11.5 Å². The second-order valence-electron chi connectivity index (χ2n) is 7.84. The van der Waals surface area contributed by atoms with Crippen LogP contribution in [0.4, 0.5) is 18.0 Å². The van der Waals surface area contributed by atoms with Crippen molar-refractivity contribution in [3.8, 4) is 17.0 Å². The molecule has 1 atom stereocenters. The number of hydrazone groups is 1. The van der Waals surface area contributed by atoms with Crippen molar-refractivity contribution in [1.29, 1.82) is 0 Å². The second kappa shape index (κ2) is 8.47. The zero-order valence-electron chi connectivity index (χ0n) is 17.4. The molecule has 11 heteroatoms. The van der Waals surface area contributed by atoms with Gasteiger partial charge < -0.3 is 9.64 Å². The lowest BCUT2D eigenvalue weighted by Crippen LogP contribution is -2.58. The maximum absolute atomic E-state index is 14.3. The van der Waals surface area contributed by atoms with Crippen molar-refractivity contribution in [3.05, 3.63) is 64.6 Å². The molecule has 5 rings (SSSR count). The predicted molar refractivity (Wildman–Crippen MR) is 115 cm³/mol. The second-order valence-corrected chi connectivity index (χ2v) is 8.47. The number of ether oxygens (including phenoxy) is 1. The quantitative estimate of drug-likeness (QED) is 0.558. The highest BCUT2D eigenvalue weighted by atomic mass is 32.1. The van der Waals surface area contributed by atoms with Gasteiger partial charge in [-0.3, -0.25) is 4.98 Å². The molecule has 1 saturated heterocycles. The average molecular weight is 473 g/mol. The van der Waals surface area contributed by atoms with Gasteiger partial charge in [0.2, 0.25) is 0 Å². The van der Waals surface area contributed by atoms with Crippen molar-refractivity contribution in [2.75, 3.05) is 13.1 Å². The number of benzene rings is 1. The Hall–Kier alpha value is -3.47. The minimum absolute atomic E-state index is 0.0509. The van der Waals surface area contributed by atoms with Crippen molar-refractivity contribution in [1.82, 2.24) is 19.3 Å². The first-order chi connectivity index (χ1) is 15.9. The minimum atomic E-state index is -0.714. The SMILES string of the molecule is Cc1nscc1-c1cc(OC2CN(C(=O)N3N=CC[C@H]3c3cc(F)cc(F)c3)C2)c(F)cn1. The topological polar surface area (TPSA) is 70.9 Å². The van der Waals surface area contributed by atoms with Gasteiger partial charge in [-0.05, 0) is 36.2 Å². The van der Waals surface area contributed by atoms with E-state index in [0.717, 1.165) is 23.5 Å². The van der Waals surface area contributed by atoms with Crippen molar-refractivity contribution < 1.29 is 22.7 Å². The summed E-state index contributed by atoms with van der Waals surface area (Å²) >= 11 is 1.29. The van der Waals surface area contributed by atoms with Crippen LogP contribution < -0.4 is 4.74 Å². The fraction of sp³-hybridized carbons (Fsp3) is 0.273. The Bertz CT molecular complexity index is 1220. The molecule has 0 saturated carbocycles. The number of carbonyl (C=O) groups is 1. The molecule has 2 amide bonds. The Morgan fingerprint density at radius 1 is 1.15 bits per heavy atom. The van der Waals surface area contributed by atoms with Gasteiger partial charge in [0.25, 0.3) is 0 Å². The molecular weight excluding hydrogens is 455 g/mol. The molecule has 2 aliphatic rings. The van der Waals surface area contributed by atoms with Crippen LogP contribution in [0.3, 0.4) is 0 Å². The number of pyridine rings is 1. The lowest BCUT2D eigenvalue weighted by Gasteiger charge is -2.41. The van der Waals surface area contributed by atoms with E-state index < -0.39 is 35.6 Å². The van der Waals surface area contributed by atoms with E-state index in [1.807, 2.05) is 12.3 Å². The van der Waals surface area contributed by atoms with E-state index in [9.17, 15) is 18.0 Å². The lowest BCUT2D eigenvalue weighted by atomic mass is 10.0. The van der Waals surface area contributed by atoms with E-state index in [1.54, 1.807) is 0 Å². The number of likely N-dealkylation sites (tertiary alicyclic amines) is 1. The summed E-state index contributed by atoms with van der Waals surface area (Å²) in [6, 6.07) is 3.69. The average Bonchev–Trinajstić information content (AvgIpc) is 3.39. The number of urea groups is 1. The molecule has 7 nitrogen and oxygen atoms in total. The summed E-state index contributed by atoms with van der Waals surface area (Å²) in [5.41, 5.74) is 2.49. The molecule has 2 aliphatic heterocycles. The molecule has 1 aromatic carbocycles. The van der Waals surface area contributed by atoms with E-state index >= 15 is 0 Å². The maximum Gasteiger partial charge on any atom is 0.341 e. The van der Waals surface area contributed by atoms with E-state index in [4.69, 9.17) is 4.74 Å². The van der Waals surface area contributed by atoms with Crippen LogP contribution in [-0.4, -0.2) is 50.7 Å². The third kappa shape index (κ3) is 4.15. The van der Waals surface area contributed by atoms with Crippen molar-refractivity contribution in [2.24, 2.45) is 5.10 Å². The first kappa shape index (κ1) is 21.4. The van der Waals surface area contributed by atoms with Gasteiger partial charge in [-0.2, -0.15) is 9.47 Å². The number of amides is 2. The molecule has 170 valence electrons. The van der Waals surface area contributed by atoms with Crippen molar-refractivity contribution >= 4 is 23.8 Å². The highest BCUT2D eigenvalue weighted by Crippen LogP contribution is 2.32. The fourth-order valence-electron chi connectivity index (χ4n) is 3.83. The highest BCUT2D eigenvalue weighted by Gasteiger charge is 2.39. The van der Waals surface area contributed by atoms with Crippen LogP contribution in [0.5, 0.6) is 5.75 Å². The summed E-state index contributed by atoms with van der Waals surface area (Å²) < 4.78 is 51.5. The summed E-state index contributed by atoms with van der Waals surface area (Å²) in [6.07, 6.45) is 2.58. The molecule has 1 fully saturated rings. The van der Waals surface area contributed by atoms with Gasteiger partial charge in [0.05, 0.1) is 36.7 Å². The van der Waals surface area contributed by atoms with Crippen LogP contribution in [0.15, 0.2) is 40.9 Å². The van der Waals surface area contributed by atoms with E-state index in [-0.39, 0.29) is 18.8 Å². The number of halogens is 3. The van der Waals surface area contributed by atoms with Gasteiger partial charge in [0.1, 0.15) is 17.7 Å². The molecule has 0 N–H and O–H groups in total. The summed E-state index contributed by atoms with van der Waals surface area (Å²) in [6.45, 7) is 2.30. The number of nitrogens with zero attached hydrogens (tertiary/aromatic N) is 5. The van der Waals surface area contributed by atoms with Gasteiger partial charge >= 0.3 is 6.03 Å². The van der Waals surface area contributed by atoms with Crippen LogP contribution in [0.1, 0.15) is 23.7 Å². The molecule has 4 heterocycles. The fourth-order valence-corrected chi connectivity index (χ4v) is 4.54. The summed E-state index contributed by atoms with van der Waals surface area (Å²) in [4.78, 5) is 18.5. The van der Waals surface area contributed by atoms with Gasteiger partial charge in [-0.15, -0.1) is 0 Å². The molecule has 3 aromatic rings. The monoisotopic (exact) mass is 473 g/mol. The smallest absolute Gasteiger partial charge is 0.341 e. The van der Waals surface area contributed by atoms with E-state index in [1.165, 1.54) is 45.9 Å². The van der Waals surface area contributed by atoms with Gasteiger partial charge in [0, 0.05) is 35.7 Å². The van der Waals surface area contributed by atoms with Gasteiger partial charge in [-0.25, -0.2) is 23.0 Å². The van der Waals surface area contributed by atoms with Crippen LogP contribution in [-0.2, 0) is 0 Å². The molecule has 0 spiro atoms. The number of hydrogen-bond acceptors (Lipinski definition) is 6. The molecule has 0 aliphatic carbocycles. The zero-order chi connectivity index (χ0) is 23.1. The molecule has 2 aromatic heterocycles. The van der Waals surface area contributed by atoms with E-state index in [2.05, 4.69) is 14.5 Å². The molecule has 0 unspecified atom stereocenters. The molecular formula is C22H18F3N5O2S. The lowest BCUT2D eigenvalue weighted by molar-refractivity contribution is 0.0256. The summed E-state index contributed by atoms with van der Waals surface area (Å²) in [7, 11) is 0. The standard InChI is InChI=1S/C22H18F3N5O2S/c1-12-17(11-33-28-12)19-7-21(18(25)8-26-19)32-16-9-29(10-16)22(31)30-20(2-3-27-30)13-4-14(23)6-15(24)5-13/h3-8,11,16,20H,2,9-10H2,1H3/t20-/m0/s1. The number of aryl methyl sites for hydroxylation is 1. The minimum Gasteiger partial charge on any atom is -0.483 e. The number of carbonyl (C=O) groups excluding carboxylic acids is 1. The Labute approximate surface area is 191 Å². The number of hydrogen-bond donors (Lipinski definition) is 0. The Morgan fingerprint density at radius 3 is 2.61 bits per heavy atom. The van der Waals surface area contributed by atoms with Gasteiger partial charge in [0.15, 0.2) is 11.6 Å². The molecule has 33 heavy (non-hydrogen) atoms. The maximum atomic E-state index is 14.3. The summed E-state index contributed by atoms with van der Waals surface area (Å²) in [5, 5.41) is 7.13. The number of aromatic nitrogens is 2. The predicted octanol–water partition coefficient (Wildman–Crippen LogP) is 4.55. The first-order valence-electron chi connectivity index (χ1n) is 10.2. The van der Waals surface area contributed by atoms with Crippen molar-refractivity contribution in [3.63, 3.8) is 0 Å². The third-order valence-corrected chi connectivity index (χ3v) is 6.27. The van der Waals surface area contributed by atoms with E-state index in [0.29, 0.717) is 17.7 Å². The molecule has 0 bridgehead atoms. The summed E-state index contributed by atoms with van der Waals surface area (Å²) in [5.74, 6) is -1.97. The van der Waals surface area contributed by atoms with Crippen LogP contribution in [0.25, 0.3) is 11.3 Å². The number of rotatable bonds is 4. The highest BCUT2D eigenvalue weighted by molar-refractivity contribution is 7.04. The van der Waals surface area contributed by atoms with Crippen LogP contribution in [0.2, 0.25) is 0 Å². The normalized spacial score (nSPS) is 18.0. The van der Waals surface area contributed by atoms with Crippen molar-refractivity contribution in [2.45, 2.75) is 25.5 Å². The zero-order valence-corrected chi connectivity index (χ0v) is 18.2. The Kier molecular flexibility index (Phi) is 5.49. The first-order valence-corrected chi connectivity index (χ1v) is 11.0.